The monoisotopic (exact) mass is 1300 g/mol. The number of ether oxygens (including phenoxy) is 6. The van der Waals surface area contributed by atoms with Crippen molar-refractivity contribution in [3.05, 3.63) is 178 Å². The Balaban J connectivity index is 0.00000115. The van der Waals surface area contributed by atoms with Crippen molar-refractivity contribution in [1.82, 2.24) is 30.0 Å². The first kappa shape index (κ1) is 83.7. The number of carboxylic acids is 1. The number of benzene rings is 4. The zero-order valence-electron chi connectivity index (χ0n) is 54.5. The van der Waals surface area contributed by atoms with Crippen molar-refractivity contribution in [2.24, 2.45) is 5.11 Å². The molecule has 0 atom stereocenters. The second-order valence-electron chi connectivity index (χ2n) is 21.1. The normalized spacial score (nSPS) is 9.91. The van der Waals surface area contributed by atoms with Crippen LogP contribution in [0.1, 0.15) is 175 Å². The highest BCUT2D eigenvalue weighted by Crippen LogP contribution is 2.12. The number of carbonyl (C=O) groups is 7. The molecule has 0 amide bonds. The molecule has 27 nitrogen and oxygen atoms in total. The summed E-state index contributed by atoms with van der Waals surface area (Å²) in [4.78, 5) is 81.7. The Kier molecular flexibility index (Phi) is 46.6. The van der Waals surface area contributed by atoms with Crippen molar-refractivity contribution in [3.63, 3.8) is 0 Å². The predicted octanol–water partition coefficient (Wildman–Crippen LogP) is 10.3. The highest BCUT2D eigenvalue weighted by atomic mass is 16.6. The lowest BCUT2D eigenvalue weighted by Gasteiger charge is -2.18. The summed E-state index contributed by atoms with van der Waals surface area (Å²) in [6, 6.07) is 37.1. The van der Waals surface area contributed by atoms with Gasteiger partial charge < -0.3 is 48.8 Å². The zero-order chi connectivity index (χ0) is 70.3. The molecular weight excluding hydrogens is 1220 g/mol. The second-order valence-corrected chi connectivity index (χ2v) is 21.1. The first-order valence-corrected chi connectivity index (χ1v) is 30.0. The molecule has 0 spiro atoms. The molecule has 0 saturated carbocycles. The summed E-state index contributed by atoms with van der Waals surface area (Å²) in [6.07, 6.45) is 14.8. The zero-order valence-corrected chi connectivity index (χ0v) is 54.5. The second kappa shape index (κ2) is 52.3. The van der Waals surface area contributed by atoms with Crippen LogP contribution in [0.3, 0.4) is 0 Å². The number of nitrogens with zero attached hydrogens (tertiary/aromatic N) is 10. The Hall–Kier alpha value is -10.3. The Morgan fingerprint density at radius 1 is 0.511 bits per heavy atom. The number of nitriles is 1. The van der Waals surface area contributed by atoms with E-state index in [1.807, 2.05) is 30.2 Å². The molecule has 4 aromatic carbocycles. The van der Waals surface area contributed by atoms with Gasteiger partial charge in [-0.05, 0) is 160 Å². The minimum Gasteiger partial charge on any atom is -0.476 e. The van der Waals surface area contributed by atoms with Crippen LogP contribution in [-0.2, 0) is 46.3 Å². The fourth-order valence-corrected chi connectivity index (χ4v) is 6.45. The van der Waals surface area contributed by atoms with E-state index in [1.165, 1.54) is 17.8 Å². The molecule has 0 fully saturated rings. The lowest BCUT2D eigenvalue weighted by Crippen LogP contribution is -2.24. The third-order valence-electron chi connectivity index (χ3n) is 10.8. The number of hydrogen-bond acceptors (Lipinski definition) is 22. The summed E-state index contributed by atoms with van der Waals surface area (Å²) >= 11 is 0. The van der Waals surface area contributed by atoms with Crippen LogP contribution < -0.4 is 0 Å². The summed E-state index contributed by atoms with van der Waals surface area (Å²) in [6.45, 7) is 15.6. The average Bonchev–Trinajstić information content (AvgIpc) is 2.27. The topological polar surface area (TPSA) is 390 Å². The Labute approximate surface area is 548 Å². The number of aromatic nitrogens is 6. The van der Waals surface area contributed by atoms with Crippen molar-refractivity contribution in [2.75, 3.05) is 52.8 Å². The van der Waals surface area contributed by atoms with E-state index < -0.39 is 29.1 Å². The van der Waals surface area contributed by atoms with Gasteiger partial charge in [0.2, 0.25) is 0 Å². The van der Waals surface area contributed by atoms with Crippen LogP contribution in [0.25, 0.3) is 10.4 Å². The molecule has 4 N–H and O–H groups in total. The smallest absolute Gasteiger partial charge is 0.384 e. The van der Waals surface area contributed by atoms with Crippen molar-refractivity contribution in [2.45, 2.75) is 137 Å². The van der Waals surface area contributed by atoms with Crippen LogP contribution >= 0.6 is 0 Å². The number of carbonyl (C=O) groups excluding carboxylic acids is 6. The molecule has 0 saturated heterocycles. The summed E-state index contributed by atoms with van der Waals surface area (Å²) in [5.41, 5.74) is 9.29. The number of aliphatic hydroxyl groups is 3. The minimum absolute atomic E-state index is 0.0782. The number of aromatic carboxylic acids is 1. The van der Waals surface area contributed by atoms with E-state index in [2.05, 4.69) is 30.7 Å². The quantitative estimate of drug-likeness (QED) is 0.00518. The largest absolute Gasteiger partial charge is 0.476 e. The molecule has 0 bridgehead atoms. The van der Waals surface area contributed by atoms with Gasteiger partial charge in [-0.15, -0.1) is 16.6 Å². The number of esters is 6. The molecule has 27 heteroatoms. The maximum Gasteiger partial charge on any atom is 0.384 e. The molecule has 2 aromatic heterocycles. The molecule has 0 aliphatic rings. The van der Waals surface area contributed by atoms with Gasteiger partial charge in [-0.25, -0.2) is 33.6 Å². The van der Waals surface area contributed by atoms with Crippen LogP contribution in [0.2, 0.25) is 0 Å². The summed E-state index contributed by atoms with van der Waals surface area (Å²) in [5.74, 6) is -1.62. The SMILES string of the molecule is C#CC(=O)OC(C)(C)C.CC#N.CC(C)(C)OC(=O)c1cn(CCCCOC(=O)c2ccccc2)nn1.O=C(OCCCCO)c1ccccc1.O=C(OCCCCn1cc(C(=O)O)nn1)c1ccccc1.OCCCCO.[N-]=[N+]=NCCCCOC(=O)c1ccccc1. The number of unbranched alkanes of at least 4 members (excludes halogenated alkanes) is 5. The maximum absolute atomic E-state index is 11.9. The third-order valence-corrected chi connectivity index (χ3v) is 10.8. The van der Waals surface area contributed by atoms with E-state index in [9.17, 15) is 33.6 Å². The van der Waals surface area contributed by atoms with Crippen LogP contribution in [-0.4, -0.2) is 156 Å². The molecule has 0 aliphatic carbocycles. The van der Waals surface area contributed by atoms with Crippen LogP contribution in [0.15, 0.2) is 139 Å². The molecule has 6 aromatic rings. The van der Waals surface area contributed by atoms with Crippen molar-refractivity contribution in [3.8, 4) is 18.4 Å². The molecule has 0 radical (unpaired) electrons. The Bertz CT molecular complexity index is 3180. The van der Waals surface area contributed by atoms with Gasteiger partial charge in [0, 0.05) is 57.2 Å². The molecule has 0 unspecified atom stereocenters. The molecule has 0 aliphatic heterocycles. The highest BCUT2D eigenvalue weighted by molar-refractivity contribution is 5.91. The Morgan fingerprint density at radius 2 is 0.819 bits per heavy atom. The van der Waals surface area contributed by atoms with Gasteiger partial charge in [-0.2, -0.15) is 5.26 Å². The third kappa shape index (κ3) is 45.0. The van der Waals surface area contributed by atoms with Gasteiger partial charge in [-0.1, -0.05) is 88.3 Å². The van der Waals surface area contributed by atoms with Gasteiger partial charge in [0.1, 0.15) is 11.2 Å². The van der Waals surface area contributed by atoms with Crippen LogP contribution in [0.5, 0.6) is 0 Å². The van der Waals surface area contributed by atoms with Gasteiger partial charge in [-0.3, -0.25) is 9.36 Å². The van der Waals surface area contributed by atoms with Gasteiger partial charge in [0.25, 0.3) is 0 Å². The summed E-state index contributed by atoms with van der Waals surface area (Å²) in [5, 5.41) is 59.0. The van der Waals surface area contributed by atoms with Gasteiger partial charge in [0.05, 0.1) is 67.1 Å². The Morgan fingerprint density at radius 3 is 1.11 bits per heavy atom. The van der Waals surface area contributed by atoms with Crippen molar-refractivity contribution >= 4 is 41.8 Å². The highest BCUT2D eigenvalue weighted by Gasteiger charge is 2.21. The first-order valence-electron chi connectivity index (χ1n) is 30.0. The summed E-state index contributed by atoms with van der Waals surface area (Å²) in [7, 11) is 0. The molecular formula is C67H88N10O17. The van der Waals surface area contributed by atoms with Crippen LogP contribution in [0.4, 0.5) is 0 Å². The predicted molar refractivity (Wildman–Crippen MR) is 346 cm³/mol. The molecule has 94 heavy (non-hydrogen) atoms. The number of aliphatic hydroxyl groups excluding tert-OH is 3. The fourth-order valence-electron chi connectivity index (χ4n) is 6.45. The van der Waals surface area contributed by atoms with E-state index in [0.29, 0.717) is 107 Å². The van der Waals surface area contributed by atoms with Crippen molar-refractivity contribution in [1.29, 1.82) is 5.26 Å². The lowest BCUT2D eigenvalue weighted by atomic mass is 10.2. The lowest BCUT2D eigenvalue weighted by molar-refractivity contribution is -0.147. The van der Waals surface area contributed by atoms with E-state index >= 15 is 0 Å². The van der Waals surface area contributed by atoms with Gasteiger partial charge in [0.15, 0.2) is 11.4 Å². The summed E-state index contributed by atoms with van der Waals surface area (Å²) < 4.78 is 33.3. The van der Waals surface area contributed by atoms with E-state index in [0.717, 1.165) is 25.7 Å². The molecule has 2 heterocycles. The number of aryl methyl sites for hydroxylation is 2. The van der Waals surface area contributed by atoms with E-state index in [-0.39, 0.29) is 55.1 Å². The van der Waals surface area contributed by atoms with E-state index in [1.54, 1.807) is 156 Å². The average molecular weight is 1310 g/mol. The maximum atomic E-state index is 11.9. The number of terminal acetylenes is 1. The number of rotatable bonds is 28. The van der Waals surface area contributed by atoms with Gasteiger partial charge >= 0.3 is 41.8 Å². The molecule has 508 valence electrons. The first-order chi connectivity index (χ1) is 45.0. The van der Waals surface area contributed by atoms with Crippen LogP contribution in [0, 0.1) is 23.7 Å². The number of hydrogen-bond donors (Lipinski definition) is 4. The standard InChI is InChI=1S/C18H23N3O4.C14H15N3O4.C11H13N3O2.C11H14O3.C7H10O2.C4H10O2.C2H3N/c1-18(2,3)25-17(23)15-13-21(20-19-15)11-7-8-12-24-16(22)14-9-5-4-6-10-14;18-13(19)12-10-17(16-15-12)8-4-5-9-21-14(20)11-6-2-1-3-7-11;12-14-13-8-4-5-9-16-11(15)10-6-2-1-3-7-10;12-8-4-5-9-14-11(13)10-6-2-1-3-7-10;1-5-6(8)9-7(2,3)4;5-3-1-2-4-6;1-2-3/h4-6,9-10,13H,7-8,11-12H2,1-3H3;1-3,6-7,10H,4-5,8-9H2,(H,18,19);1-3,6-7H,4-5,8-9H2;1-3,6-7,12H,4-5,8-9H2;1H,2-4H3;5-6H,1-4H2;1H3. The number of carboxylic acid groups (broad SMARTS) is 1. The number of azide groups is 1. The minimum atomic E-state index is -1.10. The fraction of sp³-hybridized carbons (Fsp3) is 0.433. The molecule has 6 rings (SSSR count). The van der Waals surface area contributed by atoms with Crippen molar-refractivity contribution < 1.29 is 82.4 Å². The van der Waals surface area contributed by atoms with E-state index in [4.69, 9.17) is 66.1 Å².